The molecule has 3 rings (SSSR count). The zero-order valence-corrected chi connectivity index (χ0v) is 13.6. The van der Waals surface area contributed by atoms with Gasteiger partial charge in [0.1, 0.15) is 5.75 Å². The molecule has 0 bridgehead atoms. The van der Waals surface area contributed by atoms with E-state index in [9.17, 15) is 0 Å². The molecule has 0 amide bonds. The molecule has 5 heteroatoms. The highest BCUT2D eigenvalue weighted by Gasteiger charge is 2.19. The van der Waals surface area contributed by atoms with Gasteiger partial charge in [-0.05, 0) is 34.5 Å². The van der Waals surface area contributed by atoms with Crippen molar-refractivity contribution in [3.8, 4) is 5.75 Å². The van der Waals surface area contributed by atoms with Crippen LogP contribution in [0, 0.1) is 0 Å². The number of nitrogens with zero attached hydrogens (tertiary/aromatic N) is 1. The van der Waals surface area contributed by atoms with E-state index in [4.69, 9.17) is 15.2 Å². The second-order valence-electron chi connectivity index (χ2n) is 5.51. The molecule has 1 unspecified atom stereocenters. The molecular formula is C17H23ClN2O2. The summed E-state index contributed by atoms with van der Waals surface area (Å²) in [5.41, 5.74) is 7.02. The highest BCUT2D eigenvalue weighted by Crippen LogP contribution is 2.22. The first-order valence-electron chi connectivity index (χ1n) is 7.39. The Morgan fingerprint density at radius 3 is 2.77 bits per heavy atom. The third-order valence-electron chi connectivity index (χ3n) is 4.00. The number of benzene rings is 2. The monoisotopic (exact) mass is 322 g/mol. The summed E-state index contributed by atoms with van der Waals surface area (Å²) in [6, 6.07) is 12.8. The fourth-order valence-electron chi connectivity index (χ4n) is 2.82. The summed E-state index contributed by atoms with van der Waals surface area (Å²) in [5.74, 6) is 0.897. The van der Waals surface area contributed by atoms with Gasteiger partial charge in [0.05, 0.1) is 19.8 Å². The van der Waals surface area contributed by atoms with E-state index in [0.717, 1.165) is 32.0 Å². The van der Waals surface area contributed by atoms with Crippen molar-refractivity contribution >= 4 is 23.2 Å². The molecule has 1 aliphatic rings. The highest BCUT2D eigenvalue weighted by molar-refractivity contribution is 5.85. The number of ether oxygens (including phenoxy) is 2. The quantitative estimate of drug-likeness (QED) is 0.939. The van der Waals surface area contributed by atoms with Gasteiger partial charge < -0.3 is 15.2 Å². The van der Waals surface area contributed by atoms with Crippen molar-refractivity contribution in [2.45, 2.75) is 12.6 Å². The molecule has 2 aromatic carbocycles. The van der Waals surface area contributed by atoms with Gasteiger partial charge in [0.25, 0.3) is 0 Å². The predicted octanol–water partition coefficient (Wildman–Crippen LogP) is 2.43. The van der Waals surface area contributed by atoms with Crippen LogP contribution in [0.5, 0.6) is 5.75 Å². The van der Waals surface area contributed by atoms with Crippen molar-refractivity contribution in [2.75, 3.05) is 33.4 Å². The molecule has 22 heavy (non-hydrogen) atoms. The van der Waals surface area contributed by atoms with Crippen LogP contribution in [0.4, 0.5) is 0 Å². The van der Waals surface area contributed by atoms with Crippen LogP contribution in [-0.4, -0.2) is 44.4 Å². The largest absolute Gasteiger partial charge is 0.497 e. The normalized spacial score (nSPS) is 18.9. The summed E-state index contributed by atoms with van der Waals surface area (Å²) in [7, 11) is 1.70. The Bertz CT molecular complexity index is 621. The van der Waals surface area contributed by atoms with Gasteiger partial charge in [-0.2, -0.15) is 0 Å². The van der Waals surface area contributed by atoms with Crippen LogP contribution in [0.1, 0.15) is 5.56 Å². The minimum atomic E-state index is 0. The Morgan fingerprint density at radius 1 is 1.23 bits per heavy atom. The molecule has 1 atom stereocenters. The Hall–Kier alpha value is -1.33. The van der Waals surface area contributed by atoms with E-state index in [-0.39, 0.29) is 18.5 Å². The summed E-state index contributed by atoms with van der Waals surface area (Å²) in [6.45, 7) is 4.19. The zero-order chi connectivity index (χ0) is 14.7. The fraction of sp³-hybridized carbons (Fsp3) is 0.412. The average Bonchev–Trinajstić information content (AvgIpc) is 2.54. The van der Waals surface area contributed by atoms with E-state index in [0.29, 0.717) is 6.54 Å². The second kappa shape index (κ2) is 7.79. The molecule has 2 N–H and O–H groups in total. The number of morpholine rings is 1. The maximum Gasteiger partial charge on any atom is 0.119 e. The Balaban J connectivity index is 0.00000176. The summed E-state index contributed by atoms with van der Waals surface area (Å²) in [6.07, 6.45) is 0.170. The Kier molecular flexibility index (Phi) is 6.03. The molecule has 1 aliphatic heterocycles. The van der Waals surface area contributed by atoms with Crippen LogP contribution in [0.2, 0.25) is 0 Å². The molecule has 1 saturated heterocycles. The topological polar surface area (TPSA) is 47.7 Å². The fourth-order valence-corrected chi connectivity index (χ4v) is 2.82. The van der Waals surface area contributed by atoms with Gasteiger partial charge in [-0.15, -0.1) is 12.4 Å². The van der Waals surface area contributed by atoms with E-state index in [1.165, 1.54) is 16.3 Å². The van der Waals surface area contributed by atoms with Crippen LogP contribution in [0.25, 0.3) is 10.8 Å². The summed E-state index contributed by atoms with van der Waals surface area (Å²) >= 11 is 0. The summed E-state index contributed by atoms with van der Waals surface area (Å²) in [4.78, 5) is 2.41. The zero-order valence-electron chi connectivity index (χ0n) is 12.8. The van der Waals surface area contributed by atoms with Gasteiger partial charge in [0.2, 0.25) is 0 Å². The third-order valence-corrected chi connectivity index (χ3v) is 4.00. The molecule has 0 aromatic heterocycles. The van der Waals surface area contributed by atoms with Gasteiger partial charge in [0, 0.05) is 26.2 Å². The number of hydrogen-bond acceptors (Lipinski definition) is 4. The van der Waals surface area contributed by atoms with Gasteiger partial charge in [0.15, 0.2) is 0 Å². The SMILES string of the molecule is COc1ccc2cc(CN3CCOC(CN)C3)ccc2c1.Cl. The van der Waals surface area contributed by atoms with Crippen LogP contribution in [0.15, 0.2) is 36.4 Å². The minimum Gasteiger partial charge on any atom is -0.497 e. The van der Waals surface area contributed by atoms with Crippen molar-refractivity contribution in [2.24, 2.45) is 5.73 Å². The van der Waals surface area contributed by atoms with Crippen LogP contribution >= 0.6 is 12.4 Å². The molecule has 0 saturated carbocycles. The lowest BCUT2D eigenvalue weighted by Gasteiger charge is -2.32. The van der Waals surface area contributed by atoms with Crippen molar-refractivity contribution < 1.29 is 9.47 Å². The lowest BCUT2D eigenvalue weighted by atomic mass is 10.1. The number of rotatable bonds is 4. The number of hydrogen-bond donors (Lipinski definition) is 1. The van der Waals surface area contributed by atoms with E-state index in [1.807, 2.05) is 6.07 Å². The maximum absolute atomic E-state index is 5.70. The van der Waals surface area contributed by atoms with Gasteiger partial charge in [-0.3, -0.25) is 4.90 Å². The molecule has 0 spiro atoms. The van der Waals surface area contributed by atoms with E-state index in [2.05, 4.69) is 35.2 Å². The molecule has 0 aliphatic carbocycles. The molecule has 2 aromatic rings. The number of fused-ring (bicyclic) bond motifs is 1. The first kappa shape index (κ1) is 17.0. The lowest BCUT2D eigenvalue weighted by molar-refractivity contribution is -0.0260. The van der Waals surface area contributed by atoms with Crippen LogP contribution < -0.4 is 10.5 Å². The molecule has 120 valence electrons. The number of methoxy groups -OCH3 is 1. The molecule has 1 heterocycles. The van der Waals surface area contributed by atoms with Crippen molar-refractivity contribution in [3.05, 3.63) is 42.0 Å². The van der Waals surface area contributed by atoms with Crippen molar-refractivity contribution in [3.63, 3.8) is 0 Å². The van der Waals surface area contributed by atoms with Crippen molar-refractivity contribution in [1.29, 1.82) is 0 Å². The number of halogens is 1. The first-order valence-corrected chi connectivity index (χ1v) is 7.39. The summed E-state index contributed by atoms with van der Waals surface area (Å²) in [5, 5.41) is 2.46. The molecule has 1 fully saturated rings. The van der Waals surface area contributed by atoms with E-state index in [1.54, 1.807) is 7.11 Å². The van der Waals surface area contributed by atoms with Crippen LogP contribution in [0.3, 0.4) is 0 Å². The minimum absolute atomic E-state index is 0. The van der Waals surface area contributed by atoms with Gasteiger partial charge in [-0.1, -0.05) is 18.2 Å². The standard InChI is InChI=1S/C17H22N2O2.ClH/c1-20-16-5-4-14-8-13(2-3-15(14)9-16)11-19-6-7-21-17(10-18)12-19;/h2-5,8-9,17H,6-7,10-12,18H2,1H3;1H. The first-order chi connectivity index (χ1) is 10.3. The average molecular weight is 323 g/mol. The summed E-state index contributed by atoms with van der Waals surface area (Å²) < 4.78 is 10.9. The van der Waals surface area contributed by atoms with Crippen LogP contribution in [-0.2, 0) is 11.3 Å². The highest BCUT2D eigenvalue weighted by atomic mass is 35.5. The van der Waals surface area contributed by atoms with Gasteiger partial charge >= 0.3 is 0 Å². The number of nitrogens with two attached hydrogens (primary N) is 1. The van der Waals surface area contributed by atoms with Gasteiger partial charge in [-0.25, -0.2) is 0 Å². The second-order valence-corrected chi connectivity index (χ2v) is 5.51. The molecular weight excluding hydrogens is 300 g/mol. The predicted molar refractivity (Wildman–Crippen MR) is 91.8 cm³/mol. The third kappa shape index (κ3) is 3.90. The molecule has 0 radical (unpaired) electrons. The smallest absolute Gasteiger partial charge is 0.119 e. The van der Waals surface area contributed by atoms with Crippen molar-refractivity contribution in [1.82, 2.24) is 4.90 Å². The van der Waals surface area contributed by atoms with E-state index >= 15 is 0 Å². The molecule has 4 nitrogen and oxygen atoms in total. The Labute approximate surface area is 137 Å². The Morgan fingerprint density at radius 2 is 2.00 bits per heavy atom. The maximum atomic E-state index is 5.70. The van der Waals surface area contributed by atoms with E-state index < -0.39 is 0 Å². The lowest BCUT2D eigenvalue weighted by Crippen LogP contribution is -2.45.